The first-order valence-corrected chi connectivity index (χ1v) is 9.45. The van der Waals surface area contributed by atoms with Crippen LogP contribution in [-0.2, 0) is 9.47 Å². The van der Waals surface area contributed by atoms with Gasteiger partial charge >= 0.3 is 5.97 Å². The molecule has 1 saturated heterocycles. The predicted molar refractivity (Wildman–Crippen MR) is 104 cm³/mol. The van der Waals surface area contributed by atoms with Crippen molar-refractivity contribution in [1.82, 2.24) is 14.5 Å². The Kier molecular flexibility index (Phi) is 4.70. The number of nitrogen functional groups attached to an aromatic ring is 1. The highest BCUT2D eigenvalue weighted by Crippen LogP contribution is 2.32. The molecule has 7 nitrogen and oxygen atoms in total. The number of nitrogens with zero attached hydrogens (tertiary/aromatic N) is 3. The molecule has 2 atom stereocenters. The van der Waals surface area contributed by atoms with Gasteiger partial charge in [-0.1, -0.05) is 19.1 Å². The van der Waals surface area contributed by atoms with Gasteiger partial charge in [0.2, 0.25) is 0 Å². The van der Waals surface area contributed by atoms with Crippen molar-refractivity contribution in [2.24, 2.45) is 0 Å². The number of para-hydroxylation sites is 2. The Morgan fingerprint density at radius 2 is 2.11 bits per heavy atom. The molecule has 1 fully saturated rings. The molecule has 0 radical (unpaired) electrons. The van der Waals surface area contributed by atoms with Crippen molar-refractivity contribution < 1.29 is 14.3 Å². The van der Waals surface area contributed by atoms with E-state index in [1.54, 1.807) is 0 Å². The van der Waals surface area contributed by atoms with Crippen LogP contribution in [0.25, 0.3) is 22.2 Å². The van der Waals surface area contributed by atoms with E-state index in [2.05, 4.69) is 11.9 Å². The Bertz CT molecular complexity index is 992. The number of benzene rings is 1. The van der Waals surface area contributed by atoms with Crippen LogP contribution in [0.2, 0.25) is 0 Å². The molecular weight excluding hydrogens is 344 g/mol. The van der Waals surface area contributed by atoms with E-state index >= 15 is 0 Å². The number of aromatic nitrogens is 3. The van der Waals surface area contributed by atoms with Crippen molar-refractivity contribution in [3.05, 3.63) is 29.8 Å². The molecule has 0 saturated carbocycles. The van der Waals surface area contributed by atoms with E-state index in [4.69, 9.17) is 20.2 Å². The van der Waals surface area contributed by atoms with Gasteiger partial charge in [0, 0.05) is 12.6 Å². The van der Waals surface area contributed by atoms with E-state index in [1.807, 2.05) is 35.8 Å². The minimum atomic E-state index is -0.473. The third kappa shape index (κ3) is 3.12. The first kappa shape index (κ1) is 17.7. The maximum Gasteiger partial charge on any atom is 0.344 e. The first-order valence-electron chi connectivity index (χ1n) is 9.45. The average Bonchev–Trinajstić information content (AvgIpc) is 3.29. The summed E-state index contributed by atoms with van der Waals surface area (Å²) in [6, 6.07) is 7.68. The minimum absolute atomic E-state index is 0.0370. The van der Waals surface area contributed by atoms with Crippen LogP contribution in [0, 0.1) is 0 Å². The molecule has 142 valence electrons. The Hall–Kier alpha value is -2.67. The topological polar surface area (TPSA) is 92.3 Å². The Labute approximate surface area is 157 Å². The zero-order valence-electron chi connectivity index (χ0n) is 15.6. The van der Waals surface area contributed by atoms with E-state index in [0.29, 0.717) is 22.5 Å². The molecule has 0 amide bonds. The van der Waals surface area contributed by atoms with Gasteiger partial charge in [-0.05, 0) is 38.3 Å². The van der Waals surface area contributed by atoms with Gasteiger partial charge in [-0.3, -0.25) is 0 Å². The van der Waals surface area contributed by atoms with Crippen molar-refractivity contribution in [3.8, 4) is 0 Å². The molecule has 0 unspecified atom stereocenters. The number of esters is 1. The van der Waals surface area contributed by atoms with Crippen molar-refractivity contribution in [2.45, 2.75) is 45.3 Å². The molecule has 2 aromatic heterocycles. The molecule has 3 aromatic rings. The van der Waals surface area contributed by atoms with Gasteiger partial charge in [0.1, 0.15) is 23.5 Å². The lowest BCUT2D eigenvalue weighted by Crippen LogP contribution is -2.19. The summed E-state index contributed by atoms with van der Waals surface area (Å²) in [5.74, 6) is -0.119. The summed E-state index contributed by atoms with van der Waals surface area (Å²) in [6.45, 7) is 5.07. The number of hydrogen-bond acceptors (Lipinski definition) is 6. The van der Waals surface area contributed by atoms with Crippen molar-refractivity contribution in [1.29, 1.82) is 0 Å². The minimum Gasteiger partial charge on any atom is -0.459 e. The molecule has 1 aliphatic heterocycles. The summed E-state index contributed by atoms with van der Waals surface area (Å²) >= 11 is 0. The third-order valence-corrected chi connectivity index (χ3v) is 5.19. The smallest absolute Gasteiger partial charge is 0.344 e. The molecule has 27 heavy (non-hydrogen) atoms. The molecule has 1 aromatic carbocycles. The number of rotatable bonds is 5. The largest absolute Gasteiger partial charge is 0.459 e. The van der Waals surface area contributed by atoms with Gasteiger partial charge < -0.3 is 19.8 Å². The monoisotopic (exact) mass is 368 g/mol. The molecular formula is C20H24N4O3. The van der Waals surface area contributed by atoms with Gasteiger partial charge in [-0.15, -0.1) is 0 Å². The average molecular weight is 368 g/mol. The highest BCUT2D eigenvalue weighted by atomic mass is 16.6. The fraction of sp³-hybridized carbons (Fsp3) is 0.450. The number of carbonyl (C=O) groups excluding carboxylic acids is 1. The zero-order valence-corrected chi connectivity index (χ0v) is 15.6. The Morgan fingerprint density at radius 1 is 1.37 bits per heavy atom. The second kappa shape index (κ2) is 7.15. The zero-order chi connectivity index (χ0) is 19.0. The van der Waals surface area contributed by atoms with E-state index < -0.39 is 5.97 Å². The summed E-state index contributed by atoms with van der Waals surface area (Å²) in [7, 11) is 0. The first-order chi connectivity index (χ1) is 13.1. The summed E-state index contributed by atoms with van der Waals surface area (Å²) in [6.07, 6.45) is 2.72. The van der Waals surface area contributed by atoms with Crippen LogP contribution in [0.5, 0.6) is 0 Å². The molecule has 2 N–H and O–H groups in total. The summed E-state index contributed by atoms with van der Waals surface area (Å²) < 4.78 is 12.9. The Balaban J connectivity index is 1.81. The van der Waals surface area contributed by atoms with Gasteiger partial charge in [-0.2, -0.15) is 0 Å². The SMILES string of the molecule is CC[C@H](C)n1c(N)c(C(=O)OC[C@H]2CCCO2)c2nc3ccccc3nc21. The number of carbonyl (C=O) groups is 1. The van der Waals surface area contributed by atoms with E-state index in [-0.39, 0.29) is 18.8 Å². The highest BCUT2D eigenvalue weighted by Gasteiger charge is 2.28. The summed E-state index contributed by atoms with van der Waals surface area (Å²) in [5.41, 5.74) is 9.28. The molecule has 0 spiro atoms. The Morgan fingerprint density at radius 3 is 2.78 bits per heavy atom. The maximum atomic E-state index is 12.9. The lowest BCUT2D eigenvalue weighted by Gasteiger charge is -2.14. The number of nitrogens with two attached hydrogens (primary N) is 1. The van der Waals surface area contributed by atoms with Crippen LogP contribution in [-0.4, -0.2) is 39.8 Å². The molecule has 0 bridgehead atoms. The van der Waals surface area contributed by atoms with E-state index in [1.165, 1.54) is 0 Å². The normalized spacial score (nSPS) is 18.2. The van der Waals surface area contributed by atoms with Crippen molar-refractivity contribution in [2.75, 3.05) is 18.9 Å². The number of hydrogen-bond donors (Lipinski definition) is 1. The standard InChI is InChI=1S/C20H24N4O3/c1-3-12(2)24-18(21)16(20(25)27-11-13-7-6-10-26-13)17-19(24)23-15-9-5-4-8-14(15)22-17/h4-5,8-9,12-13H,3,6-7,10-11,21H2,1-2H3/t12-,13+/m0/s1. The second-order valence-electron chi connectivity index (χ2n) is 7.01. The summed E-state index contributed by atoms with van der Waals surface area (Å²) in [5, 5.41) is 0. The van der Waals surface area contributed by atoms with Crippen LogP contribution in [0.1, 0.15) is 49.5 Å². The molecule has 3 heterocycles. The molecule has 7 heteroatoms. The van der Waals surface area contributed by atoms with E-state index in [9.17, 15) is 4.79 Å². The van der Waals surface area contributed by atoms with E-state index in [0.717, 1.165) is 36.9 Å². The molecule has 0 aliphatic carbocycles. The van der Waals surface area contributed by atoms with Gasteiger partial charge in [0.05, 0.1) is 17.1 Å². The van der Waals surface area contributed by atoms with Crippen LogP contribution in [0.4, 0.5) is 5.82 Å². The highest BCUT2D eigenvalue weighted by molar-refractivity contribution is 6.08. The number of ether oxygens (including phenoxy) is 2. The fourth-order valence-corrected chi connectivity index (χ4v) is 3.53. The van der Waals surface area contributed by atoms with Gasteiger partial charge in [0.25, 0.3) is 0 Å². The lowest BCUT2D eigenvalue weighted by molar-refractivity contribution is 0.0163. The van der Waals surface area contributed by atoms with Gasteiger partial charge in [0.15, 0.2) is 5.65 Å². The van der Waals surface area contributed by atoms with Crippen LogP contribution in [0.3, 0.4) is 0 Å². The maximum absolute atomic E-state index is 12.9. The molecule has 1 aliphatic rings. The summed E-state index contributed by atoms with van der Waals surface area (Å²) in [4.78, 5) is 22.3. The predicted octanol–water partition coefficient (Wildman–Crippen LogP) is 3.47. The third-order valence-electron chi connectivity index (χ3n) is 5.19. The quantitative estimate of drug-likeness (QED) is 0.693. The van der Waals surface area contributed by atoms with Crippen LogP contribution in [0.15, 0.2) is 24.3 Å². The van der Waals surface area contributed by atoms with Crippen molar-refractivity contribution in [3.63, 3.8) is 0 Å². The number of fused-ring (bicyclic) bond motifs is 2. The van der Waals surface area contributed by atoms with Crippen molar-refractivity contribution >= 4 is 34.0 Å². The fourth-order valence-electron chi connectivity index (χ4n) is 3.53. The van der Waals surface area contributed by atoms with Crippen LogP contribution >= 0.6 is 0 Å². The van der Waals surface area contributed by atoms with Crippen LogP contribution < -0.4 is 5.73 Å². The van der Waals surface area contributed by atoms with Gasteiger partial charge in [-0.25, -0.2) is 14.8 Å². The second-order valence-corrected chi connectivity index (χ2v) is 7.01. The number of anilines is 1. The lowest BCUT2D eigenvalue weighted by atomic mass is 10.2. The molecule has 4 rings (SSSR count).